The molecule has 0 saturated heterocycles. The van der Waals surface area contributed by atoms with E-state index in [1.165, 1.54) is 0 Å². The lowest BCUT2D eigenvalue weighted by Crippen LogP contribution is -2.19. The average molecular weight is 193 g/mol. The minimum absolute atomic E-state index is 0.173. The predicted octanol–water partition coefficient (Wildman–Crippen LogP) is 1.08. The first-order valence-corrected chi connectivity index (χ1v) is 5.01. The average Bonchev–Trinajstić information content (AvgIpc) is 2.19. The van der Waals surface area contributed by atoms with E-state index >= 15 is 0 Å². The fourth-order valence-corrected chi connectivity index (χ4v) is 1.99. The smallest absolute Gasteiger partial charge is 0.141 e. The Morgan fingerprint density at radius 3 is 2.79 bits per heavy atom. The van der Waals surface area contributed by atoms with Crippen molar-refractivity contribution in [3.63, 3.8) is 0 Å². The Bertz CT molecular complexity index is 299. The van der Waals surface area contributed by atoms with Gasteiger partial charge in [-0.25, -0.2) is 4.98 Å². The van der Waals surface area contributed by atoms with Crippen LogP contribution < -0.4 is 5.73 Å². The van der Waals surface area contributed by atoms with Crippen molar-refractivity contribution in [3.8, 4) is 0 Å². The van der Waals surface area contributed by atoms with Gasteiger partial charge in [0.15, 0.2) is 0 Å². The fraction of sp³-hybridized carbons (Fsp3) is 0.600. The van der Waals surface area contributed by atoms with Gasteiger partial charge in [0, 0.05) is 5.92 Å². The summed E-state index contributed by atoms with van der Waals surface area (Å²) in [6.45, 7) is 0. The molecule has 1 aromatic heterocycles. The highest BCUT2D eigenvalue weighted by atomic mass is 16.3. The molecule has 0 amide bonds. The molecule has 3 N–H and O–H groups in total. The lowest BCUT2D eigenvalue weighted by molar-refractivity contribution is 0.118. The van der Waals surface area contributed by atoms with Gasteiger partial charge in [-0.1, -0.05) is 6.42 Å². The van der Waals surface area contributed by atoms with E-state index < -0.39 is 0 Å². The molecule has 2 atom stereocenters. The summed E-state index contributed by atoms with van der Waals surface area (Å²) in [7, 11) is 0. The maximum Gasteiger partial charge on any atom is 0.141 e. The third kappa shape index (κ3) is 2.01. The second kappa shape index (κ2) is 3.92. The van der Waals surface area contributed by atoms with Crippen molar-refractivity contribution >= 4 is 5.82 Å². The number of anilines is 1. The molecule has 0 aromatic carbocycles. The Balaban J connectivity index is 2.10. The second-order valence-electron chi connectivity index (χ2n) is 3.88. The molecular weight excluding hydrogens is 178 g/mol. The Morgan fingerprint density at radius 1 is 1.29 bits per heavy atom. The summed E-state index contributed by atoms with van der Waals surface area (Å²) in [6.07, 6.45) is 7.01. The summed E-state index contributed by atoms with van der Waals surface area (Å²) in [6, 6.07) is 0. The third-order valence-electron chi connectivity index (χ3n) is 2.76. The van der Waals surface area contributed by atoms with E-state index in [0.29, 0.717) is 11.7 Å². The van der Waals surface area contributed by atoms with Crippen LogP contribution in [0.2, 0.25) is 0 Å². The quantitative estimate of drug-likeness (QED) is 0.700. The number of nitrogens with zero attached hydrogens (tertiary/aromatic N) is 2. The SMILES string of the molecule is Nc1cnc(C2CCCC(O)C2)cn1. The maximum atomic E-state index is 9.52. The third-order valence-corrected chi connectivity index (χ3v) is 2.76. The molecule has 0 radical (unpaired) electrons. The number of aromatic nitrogens is 2. The molecule has 1 aliphatic rings. The predicted molar refractivity (Wildman–Crippen MR) is 53.7 cm³/mol. The highest BCUT2D eigenvalue weighted by Crippen LogP contribution is 2.31. The molecule has 1 saturated carbocycles. The van der Waals surface area contributed by atoms with Crippen molar-refractivity contribution in [1.82, 2.24) is 9.97 Å². The molecule has 4 heteroatoms. The maximum absolute atomic E-state index is 9.52. The molecule has 0 bridgehead atoms. The van der Waals surface area contributed by atoms with Gasteiger partial charge in [-0.2, -0.15) is 0 Å². The second-order valence-corrected chi connectivity index (χ2v) is 3.88. The summed E-state index contributed by atoms with van der Waals surface area (Å²) in [5.74, 6) is 0.803. The zero-order valence-corrected chi connectivity index (χ0v) is 8.06. The van der Waals surface area contributed by atoms with Crippen LogP contribution in [0.5, 0.6) is 0 Å². The number of aliphatic hydroxyl groups excluding tert-OH is 1. The van der Waals surface area contributed by atoms with E-state index in [4.69, 9.17) is 5.73 Å². The number of rotatable bonds is 1. The van der Waals surface area contributed by atoms with Crippen molar-refractivity contribution in [3.05, 3.63) is 18.1 Å². The zero-order valence-electron chi connectivity index (χ0n) is 8.06. The normalized spacial score (nSPS) is 27.5. The van der Waals surface area contributed by atoms with Crippen LogP contribution in [-0.2, 0) is 0 Å². The highest BCUT2D eigenvalue weighted by Gasteiger charge is 2.22. The van der Waals surface area contributed by atoms with Crippen LogP contribution in [0.1, 0.15) is 37.3 Å². The summed E-state index contributed by atoms with van der Waals surface area (Å²) >= 11 is 0. The largest absolute Gasteiger partial charge is 0.393 e. The molecule has 1 aliphatic carbocycles. The van der Waals surface area contributed by atoms with Crippen LogP contribution in [0, 0.1) is 0 Å². The van der Waals surface area contributed by atoms with Gasteiger partial charge in [0.2, 0.25) is 0 Å². The minimum Gasteiger partial charge on any atom is -0.393 e. The Labute approximate surface area is 83.2 Å². The van der Waals surface area contributed by atoms with Crippen LogP contribution in [0.25, 0.3) is 0 Å². The lowest BCUT2D eigenvalue weighted by Gasteiger charge is -2.24. The number of nitrogen functional groups attached to an aromatic ring is 1. The molecule has 2 rings (SSSR count). The summed E-state index contributed by atoms with van der Waals surface area (Å²) in [5.41, 5.74) is 6.42. The zero-order chi connectivity index (χ0) is 9.97. The molecule has 0 spiro atoms. The van der Waals surface area contributed by atoms with Crippen molar-refractivity contribution in [2.45, 2.75) is 37.7 Å². The van der Waals surface area contributed by atoms with E-state index in [1.807, 2.05) is 0 Å². The number of hydrogen-bond donors (Lipinski definition) is 2. The highest BCUT2D eigenvalue weighted by molar-refractivity contribution is 5.24. The lowest BCUT2D eigenvalue weighted by atomic mass is 9.85. The van der Waals surface area contributed by atoms with Crippen molar-refractivity contribution in [2.75, 3.05) is 5.73 Å². The van der Waals surface area contributed by atoms with E-state index in [0.717, 1.165) is 31.4 Å². The van der Waals surface area contributed by atoms with Gasteiger partial charge in [-0.05, 0) is 19.3 Å². The van der Waals surface area contributed by atoms with E-state index in [2.05, 4.69) is 9.97 Å². The molecule has 14 heavy (non-hydrogen) atoms. The number of nitrogens with two attached hydrogens (primary N) is 1. The van der Waals surface area contributed by atoms with Crippen LogP contribution in [-0.4, -0.2) is 21.2 Å². The fourth-order valence-electron chi connectivity index (χ4n) is 1.99. The molecule has 0 aliphatic heterocycles. The van der Waals surface area contributed by atoms with Crippen LogP contribution in [0.4, 0.5) is 5.82 Å². The summed E-state index contributed by atoms with van der Waals surface area (Å²) < 4.78 is 0. The molecule has 1 heterocycles. The van der Waals surface area contributed by atoms with Crippen molar-refractivity contribution in [1.29, 1.82) is 0 Å². The summed E-state index contributed by atoms with van der Waals surface area (Å²) in [4.78, 5) is 8.25. The van der Waals surface area contributed by atoms with Crippen LogP contribution in [0.3, 0.4) is 0 Å². The van der Waals surface area contributed by atoms with Gasteiger partial charge in [0.1, 0.15) is 5.82 Å². The topological polar surface area (TPSA) is 72.0 Å². The van der Waals surface area contributed by atoms with Gasteiger partial charge in [0.05, 0.1) is 24.2 Å². The first-order chi connectivity index (χ1) is 6.75. The molecule has 1 aromatic rings. The molecule has 1 fully saturated rings. The first kappa shape index (κ1) is 9.40. The minimum atomic E-state index is -0.173. The van der Waals surface area contributed by atoms with E-state index in [9.17, 15) is 5.11 Å². The molecule has 76 valence electrons. The monoisotopic (exact) mass is 193 g/mol. The van der Waals surface area contributed by atoms with Gasteiger partial charge in [-0.15, -0.1) is 0 Å². The molecular formula is C10H15N3O. The van der Waals surface area contributed by atoms with E-state index in [1.54, 1.807) is 12.4 Å². The standard InChI is InChI=1S/C10H15N3O/c11-10-6-12-9(5-13-10)7-2-1-3-8(14)4-7/h5-8,14H,1-4H2,(H2,11,13). The summed E-state index contributed by atoms with van der Waals surface area (Å²) in [5, 5.41) is 9.52. The van der Waals surface area contributed by atoms with Gasteiger partial charge >= 0.3 is 0 Å². The Hall–Kier alpha value is -1.16. The van der Waals surface area contributed by atoms with E-state index in [-0.39, 0.29) is 6.10 Å². The first-order valence-electron chi connectivity index (χ1n) is 5.01. The number of aliphatic hydroxyl groups is 1. The Morgan fingerprint density at radius 2 is 2.14 bits per heavy atom. The Kier molecular flexibility index (Phi) is 2.63. The van der Waals surface area contributed by atoms with Gasteiger partial charge in [-0.3, -0.25) is 4.98 Å². The number of hydrogen-bond acceptors (Lipinski definition) is 4. The van der Waals surface area contributed by atoms with Gasteiger partial charge in [0.25, 0.3) is 0 Å². The molecule has 2 unspecified atom stereocenters. The van der Waals surface area contributed by atoms with Crippen molar-refractivity contribution < 1.29 is 5.11 Å². The molecule has 4 nitrogen and oxygen atoms in total. The van der Waals surface area contributed by atoms with Crippen molar-refractivity contribution in [2.24, 2.45) is 0 Å². The van der Waals surface area contributed by atoms with Gasteiger partial charge < -0.3 is 10.8 Å². The van der Waals surface area contributed by atoms with Crippen LogP contribution in [0.15, 0.2) is 12.4 Å². The van der Waals surface area contributed by atoms with Crippen LogP contribution >= 0.6 is 0 Å².